The Bertz CT molecular complexity index is 1180. The minimum atomic E-state index is -0.234. The van der Waals surface area contributed by atoms with Crippen LogP contribution in [0.2, 0.25) is 0 Å². The number of fused-ring (bicyclic) bond motifs is 1. The van der Waals surface area contributed by atoms with Gasteiger partial charge in [-0.2, -0.15) is 0 Å². The molecule has 0 saturated carbocycles. The molecule has 3 heterocycles. The van der Waals surface area contributed by atoms with Gasteiger partial charge in [0, 0.05) is 43.3 Å². The van der Waals surface area contributed by atoms with Crippen LogP contribution in [0.5, 0.6) is 0 Å². The van der Waals surface area contributed by atoms with E-state index in [2.05, 4.69) is 11.1 Å². The zero-order valence-electron chi connectivity index (χ0n) is 18.0. The molecule has 5 rings (SSSR count). The number of hydrogen-bond acceptors (Lipinski definition) is 4. The van der Waals surface area contributed by atoms with Crippen molar-refractivity contribution in [3.8, 4) is 0 Å². The van der Waals surface area contributed by atoms with E-state index in [4.69, 9.17) is 0 Å². The lowest BCUT2D eigenvalue weighted by Crippen LogP contribution is -2.41. The number of amides is 2. The summed E-state index contributed by atoms with van der Waals surface area (Å²) in [6.45, 7) is 1.74. The van der Waals surface area contributed by atoms with Gasteiger partial charge in [0.25, 0.3) is 11.8 Å². The third-order valence-electron chi connectivity index (χ3n) is 6.58. The van der Waals surface area contributed by atoms with Crippen molar-refractivity contribution in [2.24, 2.45) is 5.92 Å². The molecule has 6 heteroatoms. The van der Waals surface area contributed by atoms with Gasteiger partial charge in [0.05, 0.1) is 5.57 Å². The second-order valence-electron chi connectivity index (χ2n) is 8.60. The van der Waals surface area contributed by atoms with E-state index in [-0.39, 0.29) is 24.3 Å². The number of likely N-dealkylation sites (tertiary alicyclic amines) is 1. The molecule has 2 N–H and O–H groups in total. The Labute approximate surface area is 187 Å². The second-order valence-corrected chi connectivity index (χ2v) is 8.60. The smallest absolute Gasteiger partial charge is 0.277 e. The zero-order valence-corrected chi connectivity index (χ0v) is 18.0. The van der Waals surface area contributed by atoms with Crippen LogP contribution in [-0.2, 0) is 16.0 Å². The highest BCUT2D eigenvalue weighted by Crippen LogP contribution is 2.34. The molecule has 6 nitrogen and oxygen atoms in total. The Morgan fingerprint density at radius 3 is 2.59 bits per heavy atom. The molecule has 2 aliphatic heterocycles. The van der Waals surface area contributed by atoms with Crippen LogP contribution >= 0.6 is 0 Å². The third kappa shape index (κ3) is 3.60. The van der Waals surface area contributed by atoms with Crippen LogP contribution in [0.25, 0.3) is 16.5 Å². The summed E-state index contributed by atoms with van der Waals surface area (Å²) < 4.78 is 0. The molecule has 2 aromatic carbocycles. The highest BCUT2D eigenvalue weighted by molar-refractivity contribution is 6.35. The van der Waals surface area contributed by atoms with Gasteiger partial charge in [-0.3, -0.25) is 14.5 Å². The first-order chi connectivity index (χ1) is 15.7. The summed E-state index contributed by atoms with van der Waals surface area (Å²) in [7, 11) is 0. The predicted octanol–water partition coefficient (Wildman–Crippen LogP) is 3.19. The number of H-pyrrole nitrogens is 1. The van der Waals surface area contributed by atoms with Gasteiger partial charge in [-0.15, -0.1) is 0 Å². The average molecular weight is 430 g/mol. The lowest BCUT2D eigenvalue weighted by Gasteiger charge is -2.34. The van der Waals surface area contributed by atoms with Crippen LogP contribution in [-0.4, -0.2) is 57.9 Å². The first kappa shape index (κ1) is 20.5. The maximum atomic E-state index is 13.6. The largest absolute Gasteiger partial charge is 0.396 e. The Hall–Kier alpha value is -3.38. The molecule has 3 aromatic rings. The fourth-order valence-electron chi connectivity index (χ4n) is 4.91. The Morgan fingerprint density at radius 2 is 1.78 bits per heavy atom. The Kier molecular flexibility index (Phi) is 5.53. The maximum absolute atomic E-state index is 13.6. The number of aliphatic hydroxyl groups excluding tert-OH is 1. The number of aliphatic hydroxyl groups is 1. The topological polar surface area (TPSA) is 76.6 Å². The normalized spacial score (nSPS) is 19.5. The van der Waals surface area contributed by atoms with E-state index in [9.17, 15) is 14.7 Å². The highest BCUT2D eigenvalue weighted by atomic mass is 16.3. The van der Waals surface area contributed by atoms with E-state index in [1.165, 1.54) is 4.90 Å². The summed E-state index contributed by atoms with van der Waals surface area (Å²) in [5, 5.41) is 10.8. The minimum Gasteiger partial charge on any atom is -0.396 e. The molecular weight excluding hydrogens is 402 g/mol. The van der Waals surface area contributed by atoms with E-state index >= 15 is 0 Å². The summed E-state index contributed by atoms with van der Waals surface area (Å²) in [5.41, 5.74) is 3.87. The van der Waals surface area contributed by atoms with Crippen molar-refractivity contribution in [3.05, 3.63) is 77.6 Å². The molecule has 1 saturated heterocycles. The van der Waals surface area contributed by atoms with Crippen LogP contribution in [0, 0.1) is 5.92 Å². The lowest BCUT2D eigenvalue weighted by atomic mass is 9.97. The number of imide groups is 1. The van der Waals surface area contributed by atoms with Crippen LogP contribution in [0.1, 0.15) is 24.0 Å². The van der Waals surface area contributed by atoms with Crippen LogP contribution < -0.4 is 0 Å². The number of carbonyl (C=O) groups is 2. The van der Waals surface area contributed by atoms with Crippen LogP contribution in [0.15, 0.2) is 66.5 Å². The van der Waals surface area contributed by atoms with Gasteiger partial charge in [-0.1, -0.05) is 48.5 Å². The molecule has 0 aliphatic carbocycles. The second kappa shape index (κ2) is 8.63. The minimum absolute atomic E-state index is 0.0941. The zero-order chi connectivity index (χ0) is 22.1. The first-order valence-electron chi connectivity index (χ1n) is 11.2. The summed E-state index contributed by atoms with van der Waals surface area (Å²) >= 11 is 0. The highest BCUT2D eigenvalue weighted by Gasteiger charge is 2.42. The van der Waals surface area contributed by atoms with Crippen molar-refractivity contribution in [2.45, 2.75) is 19.3 Å². The van der Waals surface area contributed by atoms with E-state index in [0.717, 1.165) is 41.4 Å². The number of para-hydroxylation sites is 1. The molecule has 32 heavy (non-hydrogen) atoms. The first-order valence-corrected chi connectivity index (χ1v) is 11.2. The van der Waals surface area contributed by atoms with Gasteiger partial charge in [0.15, 0.2) is 0 Å². The van der Waals surface area contributed by atoms with Crippen molar-refractivity contribution in [1.29, 1.82) is 0 Å². The molecule has 0 radical (unpaired) electrons. The number of aromatic nitrogens is 1. The maximum Gasteiger partial charge on any atom is 0.277 e. The molecule has 1 fully saturated rings. The lowest BCUT2D eigenvalue weighted by molar-refractivity contribution is -0.137. The quantitative estimate of drug-likeness (QED) is 0.590. The Morgan fingerprint density at radius 1 is 1.00 bits per heavy atom. The SMILES string of the molecule is O=C1C(c2ccccc2)=C(N2CCCC(CO)C2)C(=O)N1CCc1c[nH]c2ccccc12. The van der Waals surface area contributed by atoms with E-state index in [0.29, 0.717) is 30.8 Å². The molecule has 1 aromatic heterocycles. The van der Waals surface area contributed by atoms with E-state index in [1.54, 1.807) is 0 Å². The third-order valence-corrected chi connectivity index (χ3v) is 6.58. The fraction of sp³-hybridized carbons (Fsp3) is 0.308. The number of rotatable bonds is 6. The average Bonchev–Trinajstić information content (AvgIpc) is 3.36. The standard InChI is InChI=1S/C26H27N3O3/c30-17-18-7-6-13-28(16-18)24-23(19-8-2-1-3-9-19)25(31)29(26(24)32)14-12-20-15-27-22-11-5-4-10-21(20)22/h1-5,8-11,15,18,27,30H,6-7,12-14,16-17H2. The number of benzene rings is 2. The van der Waals surface area contributed by atoms with Gasteiger partial charge in [-0.05, 0) is 42.4 Å². The van der Waals surface area contributed by atoms with Gasteiger partial charge < -0.3 is 15.0 Å². The van der Waals surface area contributed by atoms with Crippen molar-refractivity contribution in [1.82, 2.24) is 14.8 Å². The molecule has 2 aliphatic rings. The van der Waals surface area contributed by atoms with Crippen LogP contribution in [0.4, 0.5) is 0 Å². The summed E-state index contributed by atoms with van der Waals surface area (Å²) in [4.78, 5) is 33.7. The van der Waals surface area contributed by atoms with Crippen molar-refractivity contribution < 1.29 is 14.7 Å². The van der Waals surface area contributed by atoms with Crippen molar-refractivity contribution in [2.75, 3.05) is 26.2 Å². The van der Waals surface area contributed by atoms with E-state index in [1.807, 2.05) is 59.6 Å². The van der Waals surface area contributed by atoms with Gasteiger partial charge in [0.2, 0.25) is 0 Å². The molecule has 0 bridgehead atoms. The number of aromatic amines is 1. The van der Waals surface area contributed by atoms with Gasteiger partial charge >= 0.3 is 0 Å². The summed E-state index contributed by atoms with van der Waals surface area (Å²) in [6.07, 6.45) is 4.38. The number of nitrogens with zero attached hydrogens (tertiary/aromatic N) is 2. The number of hydrogen-bond donors (Lipinski definition) is 2. The van der Waals surface area contributed by atoms with E-state index < -0.39 is 0 Å². The molecule has 2 amide bonds. The molecule has 1 unspecified atom stereocenters. The Balaban J connectivity index is 1.45. The summed E-state index contributed by atoms with van der Waals surface area (Å²) in [5.74, 6) is -0.342. The molecule has 0 spiro atoms. The molecular formula is C26H27N3O3. The number of carbonyl (C=O) groups excluding carboxylic acids is 2. The van der Waals surface area contributed by atoms with Gasteiger partial charge in [0.1, 0.15) is 5.70 Å². The fourth-order valence-corrected chi connectivity index (χ4v) is 4.91. The van der Waals surface area contributed by atoms with Crippen molar-refractivity contribution >= 4 is 28.3 Å². The van der Waals surface area contributed by atoms with Gasteiger partial charge in [-0.25, -0.2) is 0 Å². The van der Waals surface area contributed by atoms with Crippen LogP contribution in [0.3, 0.4) is 0 Å². The number of piperidine rings is 1. The number of nitrogens with one attached hydrogen (secondary N) is 1. The predicted molar refractivity (Wildman–Crippen MR) is 123 cm³/mol. The monoisotopic (exact) mass is 429 g/mol. The van der Waals surface area contributed by atoms with Crippen molar-refractivity contribution in [3.63, 3.8) is 0 Å². The summed E-state index contributed by atoms with van der Waals surface area (Å²) in [6, 6.07) is 17.5. The molecule has 164 valence electrons. The molecule has 1 atom stereocenters.